The maximum absolute atomic E-state index is 2.31. The molecule has 0 saturated carbocycles. The van der Waals surface area contributed by atoms with Crippen LogP contribution in [0.5, 0.6) is 0 Å². The molecule has 0 aliphatic rings. The van der Waals surface area contributed by atoms with Crippen LogP contribution < -0.4 is 0 Å². The second-order valence-corrected chi connectivity index (χ2v) is 4.24. The van der Waals surface area contributed by atoms with Crippen LogP contribution in [0.15, 0.2) is 0 Å². The minimum atomic E-state index is 0. The molecule has 88 valence electrons. The first-order valence-electron chi connectivity index (χ1n) is 6.09. The van der Waals surface area contributed by atoms with Gasteiger partial charge in [-0.25, -0.2) is 0 Å². The molecule has 0 aliphatic heterocycles. The summed E-state index contributed by atoms with van der Waals surface area (Å²) in [7, 11) is 0. The first kappa shape index (κ1) is 16.4. The Morgan fingerprint density at radius 1 is 0.643 bits per heavy atom. The largest absolute Gasteiger partial charge is 2.00 e. The van der Waals surface area contributed by atoms with Crippen LogP contribution in [0.3, 0.4) is 0 Å². The third kappa shape index (κ3) is 5.61. The van der Waals surface area contributed by atoms with Crippen molar-refractivity contribution in [3.8, 4) is 0 Å². The van der Waals surface area contributed by atoms with E-state index in [1.807, 2.05) is 0 Å². The maximum Gasteiger partial charge on any atom is 1.00 e. The van der Waals surface area contributed by atoms with Crippen LogP contribution >= 0.6 is 0 Å². The molecule has 0 atom stereocenters. The molecule has 0 spiro atoms. The number of rotatable bonds is 8. The smallest absolute Gasteiger partial charge is 1.00 e. The van der Waals surface area contributed by atoms with E-state index in [4.69, 9.17) is 0 Å². The van der Waals surface area contributed by atoms with Crippen molar-refractivity contribution in [2.24, 2.45) is 0 Å². The summed E-state index contributed by atoms with van der Waals surface area (Å²) >= 11 is 0. The normalized spacial score (nSPS) is 11.1. The zero-order valence-electron chi connectivity index (χ0n) is 11.5. The molecule has 0 bridgehead atoms. The third-order valence-electron chi connectivity index (χ3n) is 2.79. The molecule has 2 heteroatoms. The zero-order valence-corrected chi connectivity index (χ0v) is 10.5. The van der Waals surface area contributed by atoms with Gasteiger partial charge in [-0.15, -0.1) is 0 Å². The summed E-state index contributed by atoms with van der Waals surface area (Å²) in [5.74, 6) is 0. The highest BCUT2D eigenvalue weighted by Crippen LogP contribution is 2.12. The molecule has 0 unspecified atom stereocenters. The van der Waals surface area contributed by atoms with E-state index in [1.165, 1.54) is 56.3 Å². The van der Waals surface area contributed by atoms with Gasteiger partial charge in [-0.1, -0.05) is 27.7 Å². The quantitative estimate of drug-likeness (QED) is 0.541. The minimum absolute atomic E-state index is 0. The van der Waals surface area contributed by atoms with Gasteiger partial charge in [-0.2, -0.15) is 0 Å². The van der Waals surface area contributed by atoms with Gasteiger partial charge in [0.25, 0.3) is 0 Å². The summed E-state index contributed by atoms with van der Waals surface area (Å²) in [4.78, 5) is 0. The van der Waals surface area contributed by atoms with Crippen LogP contribution in [-0.4, -0.2) is 30.7 Å². The van der Waals surface area contributed by atoms with Crippen molar-refractivity contribution in [3.63, 3.8) is 0 Å². The molecule has 0 heterocycles. The van der Waals surface area contributed by atoms with Gasteiger partial charge in [0.1, 0.15) is 0 Å². The van der Waals surface area contributed by atoms with Crippen LogP contribution in [0.4, 0.5) is 0 Å². The fourth-order valence-corrected chi connectivity index (χ4v) is 2.57. The van der Waals surface area contributed by atoms with Crippen LogP contribution in [0, 0.1) is 0 Å². The lowest BCUT2D eigenvalue weighted by Crippen LogP contribution is -2.50. The summed E-state index contributed by atoms with van der Waals surface area (Å²) in [5.41, 5.74) is 0. The summed E-state index contributed by atoms with van der Waals surface area (Å²) in [6.07, 6.45) is 5.33. The van der Waals surface area contributed by atoms with Gasteiger partial charge in [-0.3, -0.25) is 0 Å². The second-order valence-electron chi connectivity index (χ2n) is 4.24. The SMILES string of the molecule is CCC[N+](CCC)(CCC)CCC.[H+].[O-2]. The van der Waals surface area contributed by atoms with Crippen molar-refractivity contribution in [1.29, 1.82) is 0 Å². The van der Waals surface area contributed by atoms with Gasteiger partial charge < -0.3 is 9.96 Å². The van der Waals surface area contributed by atoms with E-state index in [-0.39, 0.29) is 6.90 Å². The summed E-state index contributed by atoms with van der Waals surface area (Å²) in [6, 6.07) is 0. The number of hydrogen-bond donors (Lipinski definition) is 0. The number of nitrogens with zero attached hydrogens (tertiary/aromatic N) is 1. The molecule has 0 amide bonds. The Labute approximate surface area is 91.7 Å². The van der Waals surface area contributed by atoms with Gasteiger partial charge in [0.05, 0.1) is 26.2 Å². The number of quaternary nitrogens is 1. The van der Waals surface area contributed by atoms with Crippen molar-refractivity contribution < 1.29 is 11.4 Å². The molecule has 0 radical (unpaired) electrons. The molecule has 0 rings (SSSR count). The molecule has 0 aromatic carbocycles. The van der Waals surface area contributed by atoms with Crippen LogP contribution in [-0.2, 0) is 5.48 Å². The molecular weight excluding hydrogens is 174 g/mol. The van der Waals surface area contributed by atoms with Crippen molar-refractivity contribution in [3.05, 3.63) is 0 Å². The molecule has 0 aliphatic carbocycles. The molecule has 0 fully saturated rings. The van der Waals surface area contributed by atoms with Gasteiger partial charge in [0.15, 0.2) is 0 Å². The van der Waals surface area contributed by atoms with Gasteiger partial charge in [-0.05, 0) is 25.7 Å². The van der Waals surface area contributed by atoms with E-state index < -0.39 is 0 Å². The van der Waals surface area contributed by atoms with E-state index >= 15 is 0 Å². The Balaban J connectivity index is -0.000000720. The van der Waals surface area contributed by atoms with E-state index in [2.05, 4.69) is 27.7 Å². The first-order chi connectivity index (χ1) is 6.24. The Morgan fingerprint density at radius 3 is 1.00 bits per heavy atom. The Kier molecular flexibility index (Phi) is 11.1. The Morgan fingerprint density at radius 2 is 0.857 bits per heavy atom. The lowest BCUT2D eigenvalue weighted by Gasteiger charge is -2.38. The predicted molar refractivity (Wildman–Crippen MR) is 62.7 cm³/mol. The van der Waals surface area contributed by atoms with E-state index in [1.54, 1.807) is 0 Å². The lowest BCUT2D eigenvalue weighted by atomic mass is 10.2. The summed E-state index contributed by atoms with van der Waals surface area (Å²) in [5, 5.41) is 0. The van der Waals surface area contributed by atoms with Gasteiger partial charge >= 0.3 is 1.43 Å². The van der Waals surface area contributed by atoms with E-state index in [0.29, 0.717) is 0 Å². The second kappa shape index (κ2) is 9.47. The van der Waals surface area contributed by atoms with Crippen LogP contribution in [0.25, 0.3) is 0 Å². The Hall–Kier alpha value is -0.0800. The van der Waals surface area contributed by atoms with Crippen molar-refractivity contribution in [1.82, 2.24) is 0 Å². The van der Waals surface area contributed by atoms with Gasteiger partial charge in [0.2, 0.25) is 0 Å². The molecule has 0 aromatic heterocycles. The highest BCUT2D eigenvalue weighted by molar-refractivity contribution is 4.43. The van der Waals surface area contributed by atoms with E-state index in [0.717, 1.165) is 0 Å². The highest BCUT2D eigenvalue weighted by Gasteiger charge is 2.22. The number of hydrogen-bond acceptors (Lipinski definition) is 0. The highest BCUT2D eigenvalue weighted by atomic mass is 16.0. The van der Waals surface area contributed by atoms with Crippen molar-refractivity contribution in [2.75, 3.05) is 26.2 Å². The molecule has 0 N–H and O–H groups in total. The van der Waals surface area contributed by atoms with Gasteiger partial charge in [0, 0.05) is 0 Å². The monoisotopic (exact) mass is 203 g/mol. The fraction of sp³-hybridized carbons (Fsp3) is 1.00. The molecule has 14 heavy (non-hydrogen) atoms. The predicted octanol–water partition coefficient (Wildman–Crippen LogP) is 3.44. The lowest BCUT2D eigenvalue weighted by molar-refractivity contribution is -0.928. The Bertz CT molecular complexity index is 90.7. The topological polar surface area (TPSA) is 28.5 Å². The standard InChI is InChI=1S/C12H28N.O/c1-5-9-13(10-6-2,11-7-3)12-8-4;/h5-12H2,1-4H3;/q+1;-2/p+1. The van der Waals surface area contributed by atoms with Crippen molar-refractivity contribution in [2.45, 2.75) is 53.4 Å². The van der Waals surface area contributed by atoms with Crippen LogP contribution in [0.2, 0.25) is 0 Å². The maximum atomic E-state index is 2.31. The molecule has 0 saturated heterocycles. The van der Waals surface area contributed by atoms with Crippen molar-refractivity contribution >= 4 is 0 Å². The fourth-order valence-electron chi connectivity index (χ4n) is 2.57. The molecular formula is C12H29NO. The third-order valence-corrected chi connectivity index (χ3v) is 2.79. The average Bonchev–Trinajstić information content (AvgIpc) is 2.06. The molecule has 2 nitrogen and oxygen atoms in total. The zero-order chi connectivity index (χ0) is 10.2. The van der Waals surface area contributed by atoms with Crippen LogP contribution in [0.1, 0.15) is 54.8 Å². The van der Waals surface area contributed by atoms with E-state index in [9.17, 15) is 0 Å². The minimum Gasteiger partial charge on any atom is -2.00 e. The first-order valence-corrected chi connectivity index (χ1v) is 6.09. The summed E-state index contributed by atoms with van der Waals surface area (Å²) < 4.78 is 1.38. The summed E-state index contributed by atoms with van der Waals surface area (Å²) in [6.45, 7) is 14.8. The molecule has 0 aromatic rings. The average molecular weight is 203 g/mol.